The van der Waals surface area contributed by atoms with Gasteiger partial charge in [0, 0.05) is 16.8 Å². The van der Waals surface area contributed by atoms with E-state index in [-0.39, 0.29) is 5.69 Å². The lowest BCUT2D eigenvalue weighted by atomic mass is 10.0. The zero-order chi connectivity index (χ0) is 17.4. The molecule has 25 heavy (non-hydrogen) atoms. The SMILES string of the molecule is O=c1c(O)c(Nc2cc(-c3ccnnc3)cc(-c3nn[nH]n3)c2)c1=O. The molecule has 4 rings (SSSR count). The normalized spacial score (nSPS) is 10.9. The van der Waals surface area contributed by atoms with Gasteiger partial charge in [-0.05, 0) is 35.0 Å². The molecule has 0 fully saturated rings. The molecule has 0 aliphatic heterocycles. The van der Waals surface area contributed by atoms with Gasteiger partial charge in [-0.1, -0.05) is 0 Å². The largest absolute Gasteiger partial charge is 0.502 e. The molecule has 4 aromatic rings. The summed E-state index contributed by atoms with van der Waals surface area (Å²) in [4.78, 5) is 22.7. The average Bonchev–Trinajstić information content (AvgIpc) is 3.20. The number of H-pyrrole nitrogens is 1. The van der Waals surface area contributed by atoms with Crippen molar-refractivity contribution in [3.05, 3.63) is 57.1 Å². The van der Waals surface area contributed by atoms with Crippen molar-refractivity contribution < 1.29 is 5.11 Å². The van der Waals surface area contributed by atoms with Gasteiger partial charge in [0.05, 0.1) is 12.4 Å². The van der Waals surface area contributed by atoms with Crippen LogP contribution >= 0.6 is 0 Å². The topological polar surface area (TPSA) is 147 Å². The Balaban J connectivity index is 1.82. The summed E-state index contributed by atoms with van der Waals surface area (Å²) in [5.74, 6) is -0.233. The predicted molar refractivity (Wildman–Crippen MR) is 86.9 cm³/mol. The van der Waals surface area contributed by atoms with Crippen LogP contribution in [0.1, 0.15) is 0 Å². The van der Waals surface area contributed by atoms with Gasteiger partial charge >= 0.3 is 0 Å². The average molecular weight is 335 g/mol. The molecular formula is C15H9N7O3. The molecule has 122 valence electrons. The van der Waals surface area contributed by atoms with Crippen molar-refractivity contribution in [2.45, 2.75) is 0 Å². The van der Waals surface area contributed by atoms with E-state index < -0.39 is 16.6 Å². The van der Waals surface area contributed by atoms with Crippen molar-refractivity contribution >= 4 is 11.4 Å². The molecule has 2 aromatic carbocycles. The third kappa shape index (κ3) is 2.51. The van der Waals surface area contributed by atoms with Gasteiger partial charge in [0.1, 0.15) is 5.69 Å². The van der Waals surface area contributed by atoms with Crippen LogP contribution < -0.4 is 16.2 Å². The number of aromatic nitrogens is 6. The zero-order valence-electron chi connectivity index (χ0n) is 12.5. The molecule has 10 heteroatoms. The summed E-state index contributed by atoms with van der Waals surface area (Å²) in [6.45, 7) is 0. The van der Waals surface area contributed by atoms with Gasteiger partial charge in [-0.3, -0.25) is 9.59 Å². The van der Waals surface area contributed by atoms with Gasteiger partial charge in [0.25, 0.3) is 10.9 Å². The Morgan fingerprint density at radius 2 is 1.84 bits per heavy atom. The summed E-state index contributed by atoms with van der Waals surface area (Å²) >= 11 is 0. The second-order valence-corrected chi connectivity index (χ2v) is 5.17. The number of nitrogens with zero attached hydrogens (tertiary/aromatic N) is 5. The van der Waals surface area contributed by atoms with E-state index in [1.165, 1.54) is 0 Å². The molecule has 2 heterocycles. The van der Waals surface area contributed by atoms with E-state index in [9.17, 15) is 14.7 Å². The lowest BCUT2D eigenvalue weighted by molar-refractivity contribution is 0.466. The zero-order valence-corrected chi connectivity index (χ0v) is 12.5. The lowest BCUT2D eigenvalue weighted by Gasteiger charge is -2.12. The third-order valence-corrected chi connectivity index (χ3v) is 3.61. The van der Waals surface area contributed by atoms with Crippen LogP contribution in [0.15, 0.2) is 46.2 Å². The highest BCUT2D eigenvalue weighted by Crippen LogP contribution is 2.30. The fraction of sp³-hybridized carbons (Fsp3) is 0. The Kier molecular flexibility index (Phi) is 3.28. The molecule has 0 aliphatic rings. The van der Waals surface area contributed by atoms with Crippen LogP contribution in [0.5, 0.6) is 5.75 Å². The van der Waals surface area contributed by atoms with Gasteiger partial charge in [-0.2, -0.15) is 15.4 Å². The van der Waals surface area contributed by atoms with Crippen molar-refractivity contribution in [3.8, 4) is 28.3 Å². The van der Waals surface area contributed by atoms with Gasteiger partial charge in [0.15, 0.2) is 5.75 Å². The molecule has 3 N–H and O–H groups in total. The molecule has 0 aliphatic carbocycles. The second-order valence-electron chi connectivity index (χ2n) is 5.17. The molecular weight excluding hydrogens is 326 g/mol. The van der Waals surface area contributed by atoms with Crippen LogP contribution in [-0.2, 0) is 0 Å². The van der Waals surface area contributed by atoms with Crippen molar-refractivity contribution in [2.24, 2.45) is 0 Å². The molecule has 10 nitrogen and oxygen atoms in total. The lowest BCUT2D eigenvalue weighted by Crippen LogP contribution is -2.32. The monoisotopic (exact) mass is 335 g/mol. The van der Waals surface area contributed by atoms with Crippen LogP contribution in [0.4, 0.5) is 11.4 Å². The Labute approximate surface area is 138 Å². The number of benzene rings is 1. The first-order valence-electron chi connectivity index (χ1n) is 7.09. The van der Waals surface area contributed by atoms with Crippen LogP contribution in [0.2, 0.25) is 0 Å². The molecule has 0 bridgehead atoms. The van der Waals surface area contributed by atoms with E-state index in [0.717, 1.165) is 11.1 Å². The maximum absolute atomic E-state index is 11.6. The van der Waals surface area contributed by atoms with E-state index in [1.807, 2.05) is 6.07 Å². The molecule has 0 unspecified atom stereocenters. The maximum Gasteiger partial charge on any atom is 0.271 e. The maximum atomic E-state index is 11.6. The molecule has 2 aromatic heterocycles. The molecule has 0 saturated heterocycles. The standard InChI is InChI=1S/C15H9N7O3/c23-12-11(13(24)14(12)25)18-10-4-8(7-1-2-16-17-6-7)3-9(5-10)15-19-21-22-20-15/h1-6,18,23H,(H,19,20,21,22). The Morgan fingerprint density at radius 1 is 1.00 bits per heavy atom. The van der Waals surface area contributed by atoms with E-state index in [4.69, 9.17) is 0 Å². The highest BCUT2D eigenvalue weighted by atomic mass is 16.3. The minimum atomic E-state index is -0.907. The number of hydrogen-bond acceptors (Lipinski definition) is 9. The van der Waals surface area contributed by atoms with E-state index in [2.05, 4.69) is 36.1 Å². The predicted octanol–water partition coefficient (Wildman–Crippen LogP) is 0.369. The quantitative estimate of drug-likeness (QED) is 0.450. The highest BCUT2D eigenvalue weighted by molar-refractivity contribution is 5.79. The summed E-state index contributed by atoms with van der Waals surface area (Å²) in [6, 6.07) is 6.98. The van der Waals surface area contributed by atoms with Crippen LogP contribution in [0.3, 0.4) is 0 Å². The summed E-state index contributed by atoms with van der Waals surface area (Å²) in [6.07, 6.45) is 3.12. The number of anilines is 2. The van der Waals surface area contributed by atoms with Gasteiger partial charge in [0.2, 0.25) is 5.82 Å². The van der Waals surface area contributed by atoms with E-state index in [1.54, 1.807) is 30.6 Å². The minimum Gasteiger partial charge on any atom is -0.502 e. The van der Waals surface area contributed by atoms with Crippen molar-refractivity contribution in [2.75, 3.05) is 5.32 Å². The third-order valence-electron chi connectivity index (χ3n) is 3.61. The molecule has 0 atom stereocenters. The number of rotatable bonds is 4. The van der Waals surface area contributed by atoms with Crippen molar-refractivity contribution in [1.82, 2.24) is 30.8 Å². The number of hydrogen-bond donors (Lipinski definition) is 3. The first kappa shape index (κ1) is 14.6. The summed E-state index contributed by atoms with van der Waals surface area (Å²) < 4.78 is 0. The van der Waals surface area contributed by atoms with E-state index in [0.29, 0.717) is 17.1 Å². The highest BCUT2D eigenvalue weighted by Gasteiger charge is 2.20. The minimum absolute atomic E-state index is 0.144. The smallest absolute Gasteiger partial charge is 0.271 e. The van der Waals surface area contributed by atoms with Crippen LogP contribution in [0.25, 0.3) is 22.5 Å². The molecule has 0 amide bonds. The second kappa shape index (κ2) is 5.60. The number of aromatic hydroxyl groups is 1. The van der Waals surface area contributed by atoms with Gasteiger partial charge in [-0.25, -0.2) is 0 Å². The van der Waals surface area contributed by atoms with Gasteiger partial charge in [-0.15, -0.1) is 10.2 Å². The van der Waals surface area contributed by atoms with Gasteiger partial charge < -0.3 is 10.4 Å². The van der Waals surface area contributed by atoms with Crippen molar-refractivity contribution in [1.29, 1.82) is 0 Å². The summed E-state index contributed by atoms with van der Waals surface area (Å²) in [7, 11) is 0. The first-order valence-corrected chi connectivity index (χ1v) is 7.09. The fourth-order valence-electron chi connectivity index (χ4n) is 2.38. The summed E-state index contributed by atoms with van der Waals surface area (Å²) in [5.41, 5.74) is 0.787. The number of tetrazole rings is 1. The van der Waals surface area contributed by atoms with Crippen molar-refractivity contribution in [3.63, 3.8) is 0 Å². The Bertz CT molecular complexity index is 1120. The Morgan fingerprint density at radius 3 is 2.52 bits per heavy atom. The molecule has 0 saturated carbocycles. The van der Waals surface area contributed by atoms with Crippen LogP contribution in [-0.4, -0.2) is 35.9 Å². The van der Waals surface area contributed by atoms with E-state index >= 15 is 0 Å². The summed E-state index contributed by atoms with van der Waals surface area (Å²) in [5, 5.41) is 33.6. The first-order chi connectivity index (χ1) is 12.1. The fourth-order valence-corrected chi connectivity index (χ4v) is 2.38. The Hall–Kier alpha value is -3.95. The number of nitrogens with one attached hydrogen (secondary N) is 2. The molecule has 0 radical (unpaired) electrons. The molecule has 0 spiro atoms. The number of aromatic amines is 1. The van der Waals surface area contributed by atoms with Crippen LogP contribution in [0, 0.1) is 0 Å².